The largest absolute Gasteiger partial charge is 0.370 e. The first-order valence-corrected chi connectivity index (χ1v) is 6.66. The lowest BCUT2D eigenvalue weighted by atomic mass is 10.1. The standard InChI is InChI=1S/C13H21N5O/c1-4-15-12-8(2)13(17-9(3)16-12)18-6-5-10(7-18)11(14)19/h10H,4-7H2,1-3H3,(H2,14,19)(H,15,16,17). The highest BCUT2D eigenvalue weighted by Crippen LogP contribution is 2.28. The molecule has 3 N–H and O–H groups in total. The molecule has 104 valence electrons. The van der Waals surface area contributed by atoms with E-state index >= 15 is 0 Å². The molecular formula is C13H21N5O. The molecule has 1 aromatic rings. The summed E-state index contributed by atoms with van der Waals surface area (Å²) in [5, 5.41) is 3.25. The van der Waals surface area contributed by atoms with Gasteiger partial charge < -0.3 is 16.0 Å². The van der Waals surface area contributed by atoms with Crippen LogP contribution in [0.1, 0.15) is 24.7 Å². The molecule has 0 aromatic carbocycles. The van der Waals surface area contributed by atoms with Gasteiger partial charge in [0.2, 0.25) is 5.91 Å². The van der Waals surface area contributed by atoms with Gasteiger partial charge in [0.25, 0.3) is 0 Å². The molecule has 1 fully saturated rings. The van der Waals surface area contributed by atoms with Gasteiger partial charge in [-0.25, -0.2) is 9.97 Å². The molecule has 1 amide bonds. The number of aromatic nitrogens is 2. The first-order chi connectivity index (χ1) is 9.02. The first kappa shape index (κ1) is 13.6. The summed E-state index contributed by atoms with van der Waals surface area (Å²) in [5.41, 5.74) is 6.40. The number of carbonyl (C=O) groups is 1. The third kappa shape index (κ3) is 2.77. The molecule has 2 rings (SSSR count). The Kier molecular flexibility index (Phi) is 3.87. The number of carbonyl (C=O) groups excluding carboxylic acids is 1. The van der Waals surface area contributed by atoms with Gasteiger partial charge >= 0.3 is 0 Å². The Bertz CT molecular complexity index is 488. The Balaban J connectivity index is 2.27. The number of aryl methyl sites for hydroxylation is 1. The topological polar surface area (TPSA) is 84.1 Å². The summed E-state index contributed by atoms with van der Waals surface area (Å²) in [6.07, 6.45) is 0.800. The van der Waals surface area contributed by atoms with Crippen LogP contribution >= 0.6 is 0 Å². The van der Waals surface area contributed by atoms with E-state index in [1.165, 1.54) is 0 Å². The summed E-state index contributed by atoms with van der Waals surface area (Å²) in [5.74, 6) is 2.22. The van der Waals surface area contributed by atoms with Crippen molar-refractivity contribution in [2.75, 3.05) is 29.9 Å². The monoisotopic (exact) mass is 263 g/mol. The highest BCUT2D eigenvalue weighted by Gasteiger charge is 2.29. The zero-order valence-corrected chi connectivity index (χ0v) is 11.7. The Morgan fingerprint density at radius 3 is 2.79 bits per heavy atom. The number of anilines is 2. The van der Waals surface area contributed by atoms with Crippen LogP contribution in [0, 0.1) is 19.8 Å². The minimum Gasteiger partial charge on any atom is -0.370 e. The molecule has 0 saturated carbocycles. The number of hydrogen-bond donors (Lipinski definition) is 2. The fourth-order valence-corrected chi connectivity index (χ4v) is 2.45. The summed E-state index contributed by atoms with van der Waals surface area (Å²) in [6.45, 7) is 8.21. The fraction of sp³-hybridized carbons (Fsp3) is 0.615. The summed E-state index contributed by atoms with van der Waals surface area (Å²) >= 11 is 0. The molecule has 1 unspecified atom stereocenters. The maximum atomic E-state index is 11.3. The third-order valence-corrected chi connectivity index (χ3v) is 3.47. The Labute approximate surface area is 113 Å². The number of primary amides is 1. The van der Waals surface area contributed by atoms with E-state index in [9.17, 15) is 4.79 Å². The predicted octanol–water partition coefficient (Wildman–Crippen LogP) is 0.837. The minimum atomic E-state index is -0.224. The second-order valence-corrected chi connectivity index (χ2v) is 4.93. The number of hydrogen-bond acceptors (Lipinski definition) is 5. The van der Waals surface area contributed by atoms with Gasteiger partial charge in [-0.2, -0.15) is 0 Å². The molecule has 19 heavy (non-hydrogen) atoms. The normalized spacial score (nSPS) is 18.7. The second-order valence-electron chi connectivity index (χ2n) is 4.93. The van der Waals surface area contributed by atoms with Crippen molar-refractivity contribution >= 4 is 17.5 Å². The van der Waals surface area contributed by atoms with E-state index in [0.29, 0.717) is 6.54 Å². The van der Waals surface area contributed by atoms with Crippen LogP contribution in [-0.4, -0.2) is 35.5 Å². The molecule has 1 saturated heterocycles. The van der Waals surface area contributed by atoms with E-state index in [1.807, 2.05) is 20.8 Å². The van der Waals surface area contributed by atoms with E-state index in [2.05, 4.69) is 20.2 Å². The van der Waals surface area contributed by atoms with Crippen LogP contribution in [0.4, 0.5) is 11.6 Å². The number of rotatable bonds is 4. The Morgan fingerprint density at radius 2 is 2.21 bits per heavy atom. The van der Waals surface area contributed by atoms with Crippen LogP contribution < -0.4 is 16.0 Å². The van der Waals surface area contributed by atoms with E-state index in [-0.39, 0.29) is 11.8 Å². The van der Waals surface area contributed by atoms with Crippen molar-refractivity contribution < 1.29 is 4.79 Å². The molecule has 6 nitrogen and oxygen atoms in total. The maximum Gasteiger partial charge on any atom is 0.222 e. The van der Waals surface area contributed by atoms with Gasteiger partial charge in [0, 0.05) is 25.2 Å². The van der Waals surface area contributed by atoms with Gasteiger partial charge in [-0.1, -0.05) is 0 Å². The molecule has 0 spiro atoms. The van der Waals surface area contributed by atoms with Gasteiger partial charge in [-0.05, 0) is 27.2 Å². The van der Waals surface area contributed by atoms with Crippen LogP contribution in [-0.2, 0) is 4.79 Å². The minimum absolute atomic E-state index is 0.0720. The quantitative estimate of drug-likeness (QED) is 0.841. The zero-order chi connectivity index (χ0) is 14.0. The van der Waals surface area contributed by atoms with Gasteiger partial charge in [-0.15, -0.1) is 0 Å². The van der Waals surface area contributed by atoms with Crippen LogP contribution in [0.15, 0.2) is 0 Å². The lowest BCUT2D eigenvalue weighted by molar-refractivity contribution is -0.121. The van der Waals surface area contributed by atoms with Crippen molar-refractivity contribution in [1.82, 2.24) is 9.97 Å². The van der Waals surface area contributed by atoms with Crippen molar-refractivity contribution in [2.24, 2.45) is 11.7 Å². The summed E-state index contributed by atoms with van der Waals surface area (Å²) < 4.78 is 0. The van der Waals surface area contributed by atoms with E-state index in [0.717, 1.165) is 42.5 Å². The predicted molar refractivity (Wildman–Crippen MR) is 75.2 cm³/mol. The van der Waals surface area contributed by atoms with Crippen LogP contribution in [0.5, 0.6) is 0 Å². The van der Waals surface area contributed by atoms with Crippen LogP contribution in [0.25, 0.3) is 0 Å². The lowest BCUT2D eigenvalue weighted by Gasteiger charge is -2.21. The van der Waals surface area contributed by atoms with Gasteiger partial charge in [0.15, 0.2) is 0 Å². The molecule has 2 heterocycles. The number of nitrogens with zero attached hydrogens (tertiary/aromatic N) is 3. The van der Waals surface area contributed by atoms with E-state index in [4.69, 9.17) is 5.73 Å². The molecular weight excluding hydrogens is 242 g/mol. The number of amides is 1. The third-order valence-electron chi connectivity index (χ3n) is 3.47. The first-order valence-electron chi connectivity index (χ1n) is 6.66. The van der Waals surface area contributed by atoms with Crippen molar-refractivity contribution in [1.29, 1.82) is 0 Å². The molecule has 6 heteroatoms. The zero-order valence-electron chi connectivity index (χ0n) is 11.7. The number of nitrogens with two attached hydrogens (primary N) is 1. The van der Waals surface area contributed by atoms with Gasteiger partial charge in [0.1, 0.15) is 17.5 Å². The SMILES string of the molecule is CCNc1nc(C)nc(N2CCC(C(N)=O)C2)c1C. The summed E-state index contributed by atoms with van der Waals surface area (Å²) in [6, 6.07) is 0. The summed E-state index contributed by atoms with van der Waals surface area (Å²) in [7, 11) is 0. The molecule has 1 aromatic heterocycles. The average Bonchev–Trinajstić information content (AvgIpc) is 2.83. The van der Waals surface area contributed by atoms with Crippen LogP contribution in [0.2, 0.25) is 0 Å². The molecule has 0 aliphatic carbocycles. The van der Waals surface area contributed by atoms with Gasteiger partial charge in [-0.3, -0.25) is 4.79 Å². The van der Waals surface area contributed by atoms with E-state index < -0.39 is 0 Å². The van der Waals surface area contributed by atoms with Crippen molar-refractivity contribution in [2.45, 2.75) is 27.2 Å². The summed E-state index contributed by atoms with van der Waals surface area (Å²) in [4.78, 5) is 22.3. The highest BCUT2D eigenvalue weighted by atomic mass is 16.1. The van der Waals surface area contributed by atoms with Crippen LogP contribution in [0.3, 0.4) is 0 Å². The fourth-order valence-electron chi connectivity index (χ4n) is 2.45. The van der Waals surface area contributed by atoms with Crippen molar-refractivity contribution in [3.63, 3.8) is 0 Å². The Morgan fingerprint density at radius 1 is 1.47 bits per heavy atom. The lowest BCUT2D eigenvalue weighted by Crippen LogP contribution is -2.28. The van der Waals surface area contributed by atoms with Crippen molar-refractivity contribution in [3.8, 4) is 0 Å². The molecule has 1 atom stereocenters. The molecule has 1 aliphatic heterocycles. The second kappa shape index (κ2) is 5.42. The van der Waals surface area contributed by atoms with E-state index in [1.54, 1.807) is 0 Å². The highest BCUT2D eigenvalue weighted by molar-refractivity contribution is 5.78. The molecule has 0 bridgehead atoms. The number of nitrogens with one attached hydrogen (secondary N) is 1. The molecule has 1 aliphatic rings. The maximum absolute atomic E-state index is 11.3. The van der Waals surface area contributed by atoms with Crippen molar-refractivity contribution in [3.05, 3.63) is 11.4 Å². The Hall–Kier alpha value is -1.85. The average molecular weight is 263 g/mol. The smallest absolute Gasteiger partial charge is 0.222 e. The van der Waals surface area contributed by atoms with Gasteiger partial charge in [0.05, 0.1) is 5.92 Å². The molecule has 0 radical (unpaired) electrons.